The summed E-state index contributed by atoms with van der Waals surface area (Å²) < 4.78 is 91.5. The van der Waals surface area contributed by atoms with Gasteiger partial charge in [0.1, 0.15) is 9.84 Å². The Kier molecular flexibility index (Phi) is 12.8. The summed E-state index contributed by atoms with van der Waals surface area (Å²) >= 11 is 6.26. The predicted molar refractivity (Wildman–Crippen MR) is 168 cm³/mol. The first-order valence-electron chi connectivity index (χ1n) is 14.7. The van der Waals surface area contributed by atoms with E-state index in [1.165, 1.54) is 12.1 Å². The second kappa shape index (κ2) is 15.7. The fourth-order valence-electron chi connectivity index (χ4n) is 5.19. The molecule has 16 heteroatoms. The Balaban J connectivity index is 1.74. The van der Waals surface area contributed by atoms with Gasteiger partial charge in [0, 0.05) is 55.6 Å². The number of carbonyl (C=O) groups is 2. The average Bonchev–Trinajstić information content (AvgIpc) is 2.95. The molecule has 1 aliphatic rings. The number of halogens is 6. The molecule has 1 heterocycles. The van der Waals surface area contributed by atoms with Gasteiger partial charge in [0.25, 0.3) is 5.91 Å². The van der Waals surface area contributed by atoms with Gasteiger partial charge in [0.05, 0.1) is 35.2 Å². The van der Waals surface area contributed by atoms with Crippen molar-refractivity contribution in [2.75, 3.05) is 48.4 Å². The first-order valence-corrected chi connectivity index (χ1v) is 17.1. The fraction of sp³-hybridized carbons (Fsp3) is 0.533. The quantitative estimate of drug-likeness (QED) is 0.259. The van der Waals surface area contributed by atoms with E-state index in [1.54, 1.807) is 6.07 Å². The van der Waals surface area contributed by atoms with E-state index in [1.807, 2.05) is 23.6 Å². The topological polar surface area (TPSA) is 125 Å². The SMILES string of the molecule is CC(C)C[C@H]1CN(c2cc(Cl)ccc2NC(=O)c2ccc(CNC(=O)[C@H](N)CCS(C)(=O)=O)c(F)c2F)CCN1CCC(F)(F)F. The number of hydrogen-bond donors (Lipinski definition) is 3. The number of sulfone groups is 1. The summed E-state index contributed by atoms with van der Waals surface area (Å²) in [7, 11) is -3.35. The lowest BCUT2D eigenvalue weighted by Gasteiger charge is -2.43. The summed E-state index contributed by atoms with van der Waals surface area (Å²) in [5.41, 5.74) is 5.55. The van der Waals surface area contributed by atoms with Crippen LogP contribution in [-0.4, -0.2) is 81.6 Å². The van der Waals surface area contributed by atoms with Crippen molar-refractivity contribution in [2.45, 2.75) is 57.9 Å². The Labute approximate surface area is 270 Å². The van der Waals surface area contributed by atoms with Crippen molar-refractivity contribution < 1.29 is 40.0 Å². The molecule has 0 aliphatic carbocycles. The molecule has 3 rings (SSSR count). The molecule has 0 bridgehead atoms. The monoisotopic (exact) mass is 695 g/mol. The van der Waals surface area contributed by atoms with Gasteiger partial charge in [-0.1, -0.05) is 31.5 Å². The zero-order chi connectivity index (χ0) is 34.4. The summed E-state index contributed by atoms with van der Waals surface area (Å²) in [5, 5.41) is 5.27. The molecule has 2 aromatic rings. The summed E-state index contributed by atoms with van der Waals surface area (Å²) in [6, 6.07) is 5.43. The number of nitrogens with two attached hydrogens (primary N) is 1. The predicted octanol–water partition coefficient (Wildman–Crippen LogP) is 4.74. The fourth-order valence-corrected chi connectivity index (χ4v) is 6.04. The summed E-state index contributed by atoms with van der Waals surface area (Å²) in [4.78, 5) is 29.1. The van der Waals surface area contributed by atoms with Crippen LogP contribution in [0.1, 0.15) is 49.0 Å². The van der Waals surface area contributed by atoms with Crippen molar-refractivity contribution in [3.05, 3.63) is 58.1 Å². The summed E-state index contributed by atoms with van der Waals surface area (Å²) in [6.07, 6.45) is -3.72. The molecule has 256 valence electrons. The first-order chi connectivity index (χ1) is 21.3. The van der Waals surface area contributed by atoms with Gasteiger partial charge in [-0.25, -0.2) is 17.2 Å². The van der Waals surface area contributed by atoms with E-state index < -0.39 is 64.0 Å². The Bertz CT molecular complexity index is 1510. The number of benzene rings is 2. The van der Waals surface area contributed by atoms with E-state index in [0.717, 1.165) is 18.4 Å². The van der Waals surface area contributed by atoms with Crippen LogP contribution in [0.5, 0.6) is 0 Å². The third-order valence-electron chi connectivity index (χ3n) is 7.58. The van der Waals surface area contributed by atoms with Crippen LogP contribution in [0, 0.1) is 17.6 Å². The van der Waals surface area contributed by atoms with E-state index in [9.17, 15) is 35.6 Å². The van der Waals surface area contributed by atoms with Gasteiger partial charge in [-0.2, -0.15) is 13.2 Å². The van der Waals surface area contributed by atoms with Crippen molar-refractivity contribution in [1.29, 1.82) is 0 Å². The minimum absolute atomic E-state index is 0.131. The van der Waals surface area contributed by atoms with Crippen LogP contribution < -0.4 is 21.3 Å². The zero-order valence-electron chi connectivity index (χ0n) is 25.8. The van der Waals surface area contributed by atoms with Crippen molar-refractivity contribution in [3.63, 3.8) is 0 Å². The van der Waals surface area contributed by atoms with Crippen LogP contribution in [0.15, 0.2) is 30.3 Å². The van der Waals surface area contributed by atoms with Gasteiger partial charge in [-0.3, -0.25) is 14.5 Å². The molecule has 0 spiro atoms. The highest BCUT2D eigenvalue weighted by atomic mass is 35.5. The molecule has 9 nitrogen and oxygen atoms in total. The third-order valence-corrected chi connectivity index (χ3v) is 8.79. The number of alkyl halides is 3. The van der Waals surface area contributed by atoms with E-state index in [4.69, 9.17) is 17.3 Å². The molecule has 0 aromatic heterocycles. The maximum absolute atomic E-state index is 15.1. The molecule has 0 unspecified atom stereocenters. The number of amides is 2. The van der Waals surface area contributed by atoms with Gasteiger partial charge < -0.3 is 21.3 Å². The second-order valence-corrected chi connectivity index (χ2v) is 14.6. The number of anilines is 2. The molecule has 46 heavy (non-hydrogen) atoms. The highest BCUT2D eigenvalue weighted by molar-refractivity contribution is 7.90. The van der Waals surface area contributed by atoms with Crippen molar-refractivity contribution >= 4 is 44.6 Å². The molecule has 2 aromatic carbocycles. The average molecular weight is 696 g/mol. The van der Waals surface area contributed by atoms with Crippen molar-refractivity contribution in [1.82, 2.24) is 10.2 Å². The Morgan fingerprint density at radius 3 is 2.43 bits per heavy atom. The van der Waals surface area contributed by atoms with Gasteiger partial charge in [0.15, 0.2) is 11.6 Å². The lowest BCUT2D eigenvalue weighted by molar-refractivity contribution is -0.139. The van der Waals surface area contributed by atoms with Crippen LogP contribution in [0.25, 0.3) is 0 Å². The molecule has 0 radical (unpaired) electrons. The first kappa shape index (κ1) is 37.4. The smallest absolute Gasteiger partial charge is 0.367 e. The number of nitrogens with zero attached hydrogens (tertiary/aromatic N) is 2. The number of hydrogen-bond acceptors (Lipinski definition) is 7. The minimum atomic E-state index is -4.28. The second-order valence-electron chi connectivity index (χ2n) is 11.9. The van der Waals surface area contributed by atoms with Crippen LogP contribution in [0.2, 0.25) is 5.02 Å². The number of rotatable bonds is 13. The molecule has 0 saturated carbocycles. The van der Waals surface area contributed by atoms with Crippen LogP contribution in [-0.2, 0) is 21.2 Å². The van der Waals surface area contributed by atoms with Crippen LogP contribution in [0.4, 0.5) is 33.3 Å². The summed E-state index contributed by atoms with van der Waals surface area (Å²) in [5.74, 6) is -4.63. The summed E-state index contributed by atoms with van der Waals surface area (Å²) in [6.45, 7) is 4.43. The maximum atomic E-state index is 15.1. The number of piperazine rings is 1. The molecular formula is C30H39ClF5N5O4S. The Hall–Kier alpha value is -3.01. The lowest BCUT2D eigenvalue weighted by atomic mass is 9.99. The number of carbonyl (C=O) groups excluding carboxylic acids is 2. The van der Waals surface area contributed by atoms with E-state index >= 15 is 4.39 Å². The molecule has 1 fully saturated rings. The Morgan fingerprint density at radius 2 is 1.80 bits per heavy atom. The van der Waals surface area contributed by atoms with Gasteiger partial charge >= 0.3 is 6.18 Å². The molecule has 1 saturated heterocycles. The largest absolute Gasteiger partial charge is 0.390 e. The molecule has 2 atom stereocenters. The van der Waals surface area contributed by atoms with E-state index in [2.05, 4.69) is 10.6 Å². The van der Waals surface area contributed by atoms with E-state index in [0.29, 0.717) is 36.8 Å². The lowest BCUT2D eigenvalue weighted by Crippen LogP contribution is -2.54. The maximum Gasteiger partial charge on any atom is 0.390 e. The van der Waals surface area contributed by atoms with Gasteiger partial charge in [0.2, 0.25) is 5.91 Å². The molecule has 1 aliphatic heterocycles. The third kappa shape index (κ3) is 11.1. The minimum Gasteiger partial charge on any atom is -0.367 e. The van der Waals surface area contributed by atoms with Gasteiger partial charge in [-0.15, -0.1) is 0 Å². The van der Waals surface area contributed by atoms with Crippen molar-refractivity contribution in [2.24, 2.45) is 11.7 Å². The van der Waals surface area contributed by atoms with Crippen molar-refractivity contribution in [3.8, 4) is 0 Å². The highest BCUT2D eigenvalue weighted by Gasteiger charge is 2.33. The standard InChI is InChI=1S/C30H39ClF5N5O4S/c1-18(2)14-21-17-41(12-11-40(21)10-9-30(34,35)36)25-15-20(31)5-7-24(25)39-28(42)22-6-4-19(26(32)27(22)33)16-38-29(43)23(37)8-13-46(3,44)45/h4-7,15,18,21,23H,8-14,16-17,37H2,1-3H3,(H,38,43)(H,39,42)/t21-,23+/m0/s1. The van der Waals surface area contributed by atoms with E-state index in [-0.39, 0.29) is 41.9 Å². The Morgan fingerprint density at radius 1 is 1.11 bits per heavy atom. The zero-order valence-corrected chi connectivity index (χ0v) is 27.3. The van der Waals surface area contributed by atoms with Crippen LogP contribution in [0.3, 0.4) is 0 Å². The number of nitrogens with one attached hydrogen (secondary N) is 2. The highest BCUT2D eigenvalue weighted by Crippen LogP contribution is 2.33. The molecule has 2 amide bonds. The van der Waals surface area contributed by atoms with Gasteiger partial charge in [-0.05, 0) is 43.0 Å². The molecular weight excluding hydrogens is 657 g/mol. The molecule has 4 N–H and O–H groups in total. The van der Waals surface area contributed by atoms with Crippen LogP contribution >= 0.6 is 11.6 Å². The normalized spacial score (nSPS) is 16.8.